The number of carbonyl (C=O) groups excluding carboxylic acids is 1. The number of fused-ring (bicyclic) bond motifs is 1. The number of carbonyl (C=O) groups is 1. The number of aromatic amines is 1. The van der Waals surface area contributed by atoms with Crippen molar-refractivity contribution in [3.63, 3.8) is 0 Å². The molecule has 7 heteroatoms. The van der Waals surface area contributed by atoms with E-state index in [1.165, 1.54) is 0 Å². The third-order valence-electron chi connectivity index (χ3n) is 2.80. The van der Waals surface area contributed by atoms with Gasteiger partial charge in [0.2, 0.25) is 0 Å². The molecule has 0 unspecified atom stereocenters. The van der Waals surface area contributed by atoms with Gasteiger partial charge in [-0.3, -0.25) is 4.99 Å². The predicted molar refractivity (Wildman–Crippen MR) is 86.5 cm³/mol. The predicted octanol–water partition coefficient (Wildman–Crippen LogP) is -0.562. The summed E-state index contributed by atoms with van der Waals surface area (Å²) in [7, 11) is 0. The maximum absolute atomic E-state index is 11.5. The average Bonchev–Trinajstić information content (AvgIpc) is 2.79. The summed E-state index contributed by atoms with van der Waals surface area (Å²) in [6, 6.07) is 6.80. The Morgan fingerprint density at radius 3 is 2.55 bits per heavy atom. The number of benzene rings is 1. The third kappa shape index (κ3) is 5.69. The molecule has 2 rings (SSSR count). The van der Waals surface area contributed by atoms with Crippen LogP contribution in [0.3, 0.4) is 0 Å². The number of hydrogen-bond acceptors (Lipinski definition) is 5. The molecular formula is C15H21N3O3Sn. The second kappa shape index (κ2) is 10.2. The molecule has 2 radical (unpaired) electrons. The second-order valence-corrected chi connectivity index (χ2v) is 4.20. The van der Waals surface area contributed by atoms with Gasteiger partial charge in [-0.15, -0.1) is 0 Å². The molecule has 0 saturated heterocycles. The van der Waals surface area contributed by atoms with Crippen LogP contribution < -0.4 is 15.9 Å². The Kier molecular flexibility index (Phi) is 10.6. The van der Waals surface area contributed by atoms with Crippen LogP contribution >= 0.6 is 0 Å². The Morgan fingerprint density at radius 1 is 1.27 bits per heavy atom. The van der Waals surface area contributed by atoms with E-state index in [2.05, 4.69) is 9.98 Å². The first-order valence-corrected chi connectivity index (χ1v) is 5.79. The van der Waals surface area contributed by atoms with Crippen LogP contribution in [0, 0.1) is 0 Å². The summed E-state index contributed by atoms with van der Waals surface area (Å²) >= 11 is 0. The largest absolute Gasteiger partial charge is 2.00 e. The Labute approximate surface area is 147 Å². The van der Waals surface area contributed by atoms with Gasteiger partial charge in [-0.05, 0) is 23.9 Å². The summed E-state index contributed by atoms with van der Waals surface area (Å²) in [4.78, 5) is 16.6. The molecule has 1 aromatic carbocycles. The van der Waals surface area contributed by atoms with Gasteiger partial charge >= 0.3 is 23.9 Å². The van der Waals surface area contributed by atoms with E-state index in [0.29, 0.717) is 6.42 Å². The average molecular weight is 410 g/mol. The first-order valence-electron chi connectivity index (χ1n) is 5.79. The van der Waals surface area contributed by atoms with Crippen molar-refractivity contribution in [1.82, 2.24) is 4.98 Å². The van der Waals surface area contributed by atoms with Crippen molar-refractivity contribution >= 4 is 46.7 Å². The van der Waals surface area contributed by atoms with Crippen molar-refractivity contribution in [3.8, 4) is 0 Å². The van der Waals surface area contributed by atoms with Gasteiger partial charge in [0.15, 0.2) is 0 Å². The number of nitrogens with one attached hydrogen (secondary N) is 1. The van der Waals surface area contributed by atoms with Gasteiger partial charge in [-0.2, -0.15) is 0 Å². The van der Waals surface area contributed by atoms with Crippen LogP contribution in [0.2, 0.25) is 0 Å². The van der Waals surface area contributed by atoms with Crippen LogP contribution in [0.4, 0.5) is 0 Å². The SMILES string of the molecule is C.C.N[C@@H](Cc1c[nH]c2ccccc12)C([O-])=NCC(=O)[O-].[Sn+2]. The zero-order valence-electron chi connectivity index (χ0n) is 10.6. The fourth-order valence-corrected chi connectivity index (χ4v) is 1.88. The topological polar surface area (TPSA) is 117 Å². The minimum Gasteiger partial charge on any atom is -0.861 e. The summed E-state index contributed by atoms with van der Waals surface area (Å²) in [6.45, 7) is -0.652. The molecule has 118 valence electrons. The standard InChI is InChI=1S/C13H15N3O3.2CH4.Sn/c14-10(13(19)16-7-12(17)18)5-8-6-15-11-4-2-1-3-9(8)11;;;/h1-4,6,10,15H,5,7,14H2,(H,16,19)(H,17,18);2*1H4;/q;;;+2/p-2/t10-;;;/m0.../s1. The Bertz CT molecular complexity index is 625. The molecule has 3 N–H and O–H groups in total. The first-order chi connectivity index (χ1) is 9.08. The zero-order valence-corrected chi connectivity index (χ0v) is 13.5. The van der Waals surface area contributed by atoms with Crippen LogP contribution in [0.5, 0.6) is 0 Å². The van der Waals surface area contributed by atoms with Crippen molar-refractivity contribution in [3.05, 3.63) is 36.0 Å². The Morgan fingerprint density at radius 2 is 1.91 bits per heavy atom. The molecule has 0 saturated carbocycles. The van der Waals surface area contributed by atoms with Crippen LogP contribution in [0.1, 0.15) is 20.4 Å². The maximum Gasteiger partial charge on any atom is 2.00 e. The van der Waals surface area contributed by atoms with Crippen molar-refractivity contribution < 1.29 is 15.0 Å². The Hall–Kier alpha value is -1.54. The summed E-state index contributed by atoms with van der Waals surface area (Å²) in [6.07, 6.45) is 2.09. The van der Waals surface area contributed by atoms with Gasteiger partial charge in [0, 0.05) is 23.1 Å². The summed E-state index contributed by atoms with van der Waals surface area (Å²) in [5.41, 5.74) is 7.58. The van der Waals surface area contributed by atoms with E-state index >= 15 is 0 Å². The van der Waals surface area contributed by atoms with Crippen LogP contribution in [-0.4, -0.2) is 53.3 Å². The van der Waals surface area contributed by atoms with Crippen LogP contribution in [0.15, 0.2) is 35.5 Å². The van der Waals surface area contributed by atoms with Crippen molar-refractivity contribution in [2.75, 3.05) is 6.54 Å². The van der Waals surface area contributed by atoms with Crippen molar-refractivity contribution in [1.29, 1.82) is 0 Å². The van der Waals surface area contributed by atoms with Crippen molar-refractivity contribution in [2.24, 2.45) is 10.7 Å². The van der Waals surface area contributed by atoms with Gasteiger partial charge in [-0.25, -0.2) is 0 Å². The third-order valence-corrected chi connectivity index (χ3v) is 2.80. The minimum absolute atomic E-state index is 0. The number of H-pyrrole nitrogens is 1. The van der Waals surface area contributed by atoms with E-state index < -0.39 is 24.5 Å². The summed E-state index contributed by atoms with van der Waals surface area (Å²) in [5.74, 6) is -2.03. The molecule has 0 aliphatic heterocycles. The number of carboxylic acids is 1. The first kappa shape index (κ1) is 22.7. The smallest absolute Gasteiger partial charge is 0.861 e. The molecule has 1 aromatic heterocycles. The van der Waals surface area contributed by atoms with Gasteiger partial charge in [-0.1, -0.05) is 33.1 Å². The molecule has 0 spiro atoms. The summed E-state index contributed by atoms with van der Waals surface area (Å²) in [5, 5.41) is 22.7. The fourth-order valence-electron chi connectivity index (χ4n) is 1.88. The molecular weight excluding hydrogens is 389 g/mol. The number of nitrogens with zero attached hydrogens (tertiary/aromatic N) is 1. The fraction of sp³-hybridized carbons (Fsp3) is 0.333. The Balaban J connectivity index is 0. The van der Waals surface area contributed by atoms with Crippen molar-refractivity contribution in [2.45, 2.75) is 27.3 Å². The van der Waals surface area contributed by atoms with E-state index in [4.69, 9.17) is 5.73 Å². The minimum atomic E-state index is -1.40. The number of aromatic nitrogens is 1. The van der Waals surface area contributed by atoms with E-state index in [9.17, 15) is 15.0 Å². The van der Waals surface area contributed by atoms with E-state index in [-0.39, 0.29) is 38.8 Å². The molecule has 22 heavy (non-hydrogen) atoms. The molecule has 0 aliphatic carbocycles. The van der Waals surface area contributed by atoms with E-state index in [1.807, 2.05) is 24.3 Å². The number of carboxylic acid groups (broad SMARTS) is 1. The number of aliphatic imine (C=N–C) groups is 1. The molecule has 0 aliphatic rings. The monoisotopic (exact) mass is 411 g/mol. The zero-order chi connectivity index (χ0) is 13.8. The second-order valence-electron chi connectivity index (χ2n) is 4.20. The summed E-state index contributed by atoms with van der Waals surface area (Å²) < 4.78 is 0. The number of nitrogens with two attached hydrogens (primary N) is 1. The molecule has 0 amide bonds. The molecule has 6 nitrogen and oxygen atoms in total. The van der Waals surface area contributed by atoms with E-state index in [1.54, 1.807) is 6.20 Å². The molecule has 1 atom stereocenters. The molecule has 0 fully saturated rings. The quantitative estimate of drug-likeness (QED) is 0.391. The van der Waals surface area contributed by atoms with Gasteiger partial charge in [0.05, 0.1) is 12.5 Å². The number of para-hydroxylation sites is 1. The number of aliphatic carboxylic acids is 1. The number of rotatable bonds is 5. The molecule has 2 aromatic rings. The molecule has 0 bridgehead atoms. The van der Waals surface area contributed by atoms with Gasteiger partial charge in [0.1, 0.15) is 0 Å². The number of hydrogen-bond donors (Lipinski definition) is 2. The van der Waals surface area contributed by atoms with E-state index in [0.717, 1.165) is 16.5 Å². The maximum atomic E-state index is 11.5. The van der Waals surface area contributed by atoms with Gasteiger partial charge < -0.3 is 25.7 Å². The van der Waals surface area contributed by atoms with Crippen LogP contribution in [0.25, 0.3) is 10.9 Å². The normalized spacial score (nSPS) is 11.8. The van der Waals surface area contributed by atoms with Gasteiger partial charge in [0.25, 0.3) is 0 Å². The molecule has 1 heterocycles. The van der Waals surface area contributed by atoms with Crippen LogP contribution in [-0.2, 0) is 11.2 Å².